The summed E-state index contributed by atoms with van der Waals surface area (Å²) in [5.41, 5.74) is 0.220. The normalized spacial score (nSPS) is 15.3. The molecule has 0 saturated carbocycles. The molecule has 0 bridgehead atoms. The fourth-order valence-corrected chi connectivity index (χ4v) is 2.00. The van der Waals surface area contributed by atoms with Gasteiger partial charge in [0.1, 0.15) is 11.9 Å². The first-order valence-electron chi connectivity index (χ1n) is 4.72. The molecule has 1 rings (SSSR count). The van der Waals surface area contributed by atoms with Crippen LogP contribution in [0, 0.1) is 0 Å². The third-order valence-corrected chi connectivity index (χ3v) is 3.05. The molecule has 0 radical (unpaired) electrons. The van der Waals surface area contributed by atoms with Crippen LogP contribution in [0.3, 0.4) is 0 Å². The largest absolute Gasteiger partial charge is 0.573 e. The Labute approximate surface area is 114 Å². The molecule has 2 unspecified atom stereocenters. The van der Waals surface area contributed by atoms with E-state index in [2.05, 4.69) is 20.7 Å². The van der Waals surface area contributed by atoms with E-state index in [0.29, 0.717) is 0 Å². The van der Waals surface area contributed by atoms with Gasteiger partial charge in [-0.2, -0.15) is 0 Å². The smallest absolute Gasteiger partial charge is 0.406 e. The molecule has 0 heterocycles. The highest BCUT2D eigenvalue weighted by molar-refractivity contribution is 9.10. The SMILES string of the molecule is OC(CCl)C(O)c1ccc(OC(F)(F)F)cc1Br. The molecule has 1 aromatic carbocycles. The molecule has 0 aliphatic carbocycles. The van der Waals surface area contributed by atoms with E-state index >= 15 is 0 Å². The second kappa shape index (κ2) is 6.10. The van der Waals surface area contributed by atoms with Crippen LogP contribution in [0.5, 0.6) is 5.75 Å². The lowest BCUT2D eigenvalue weighted by molar-refractivity contribution is -0.274. The zero-order chi connectivity index (χ0) is 13.9. The summed E-state index contributed by atoms with van der Waals surface area (Å²) < 4.78 is 39.8. The van der Waals surface area contributed by atoms with Crippen LogP contribution in [0.4, 0.5) is 13.2 Å². The summed E-state index contributed by atoms with van der Waals surface area (Å²) in [6.45, 7) is 0. The van der Waals surface area contributed by atoms with Gasteiger partial charge in [0.05, 0.1) is 12.0 Å². The summed E-state index contributed by atoms with van der Waals surface area (Å²) in [5, 5.41) is 19.0. The zero-order valence-electron chi connectivity index (χ0n) is 8.79. The minimum absolute atomic E-state index is 0.181. The minimum Gasteiger partial charge on any atom is -0.406 e. The maximum atomic E-state index is 12.0. The molecule has 8 heteroatoms. The zero-order valence-corrected chi connectivity index (χ0v) is 11.1. The van der Waals surface area contributed by atoms with Crippen molar-refractivity contribution in [3.63, 3.8) is 0 Å². The highest BCUT2D eigenvalue weighted by atomic mass is 79.9. The van der Waals surface area contributed by atoms with Gasteiger partial charge in [-0.1, -0.05) is 22.0 Å². The van der Waals surface area contributed by atoms with Crippen molar-refractivity contribution in [3.05, 3.63) is 28.2 Å². The van der Waals surface area contributed by atoms with Crippen molar-refractivity contribution in [2.45, 2.75) is 18.6 Å². The average molecular weight is 350 g/mol. The van der Waals surface area contributed by atoms with Crippen molar-refractivity contribution in [2.24, 2.45) is 0 Å². The average Bonchev–Trinajstić information content (AvgIpc) is 2.25. The number of aliphatic hydroxyl groups excluding tert-OH is 2. The Kier molecular flexibility index (Phi) is 5.27. The van der Waals surface area contributed by atoms with Crippen molar-refractivity contribution in [2.75, 3.05) is 5.88 Å². The molecule has 0 spiro atoms. The number of benzene rings is 1. The van der Waals surface area contributed by atoms with Crippen LogP contribution in [-0.4, -0.2) is 28.6 Å². The minimum atomic E-state index is -4.78. The van der Waals surface area contributed by atoms with E-state index in [0.717, 1.165) is 12.1 Å². The predicted molar refractivity (Wildman–Crippen MR) is 62.5 cm³/mol. The highest BCUT2D eigenvalue weighted by Gasteiger charge is 2.31. The lowest BCUT2D eigenvalue weighted by atomic mass is 10.1. The van der Waals surface area contributed by atoms with Gasteiger partial charge in [0.2, 0.25) is 0 Å². The number of ether oxygens (including phenoxy) is 1. The van der Waals surface area contributed by atoms with E-state index in [1.807, 2.05) is 0 Å². The lowest BCUT2D eigenvalue weighted by Gasteiger charge is -2.18. The van der Waals surface area contributed by atoms with E-state index < -0.39 is 24.3 Å². The van der Waals surface area contributed by atoms with Gasteiger partial charge in [-0.25, -0.2) is 0 Å². The first kappa shape index (κ1) is 15.6. The first-order valence-corrected chi connectivity index (χ1v) is 6.04. The van der Waals surface area contributed by atoms with Crippen LogP contribution in [0.2, 0.25) is 0 Å². The molecule has 0 aliphatic heterocycles. The van der Waals surface area contributed by atoms with Gasteiger partial charge in [-0.05, 0) is 17.7 Å². The van der Waals surface area contributed by atoms with Gasteiger partial charge in [-0.15, -0.1) is 24.8 Å². The number of hydrogen-bond donors (Lipinski definition) is 2. The van der Waals surface area contributed by atoms with Crippen LogP contribution >= 0.6 is 27.5 Å². The van der Waals surface area contributed by atoms with Gasteiger partial charge in [0.25, 0.3) is 0 Å². The summed E-state index contributed by atoms with van der Waals surface area (Å²) in [7, 11) is 0. The molecule has 0 amide bonds. The fourth-order valence-electron chi connectivity index (χ4n) is 1.24. The van der Waals surface area contributed by atoms with E-state index in [1.54, 1.807) is 0 Å². The van der Waals surface area contributed by atoms with Gasteiger partial charge >= 0.3 is 6.36 Å². The third kappa shape index (κ3) is 4.31. The van der Waals surface area contributed by atoms with Gasteiger partial charge in [0, 0.05) is 4.47 Å². The molecule has 3 nitrogen and oxygen atoms in total. The molecule has 2 N–H and O–H groups in total. The molecule has 0 aliphatic rings. The van der Waals surface area contributed by atoms with E-state index in [4.69, 9.17) is 11.6 Å². The Balaban J connectivity index is 2.92. The van der Waals surface area contributed by atoms with E-state index in [1.165, 1.54) is 6.07 Å². The molecule has 18 heavy (non-hydrogen) atoms. The molecule has 0 saturated heterocycles. The maximum absolute atomic E-state index is 12.0. The Morgan fingerprint density at radius 3 is 2.39 bits per heavy atom. The van der Waals surface area contributed by atoms with Crippen LogP contribution in [-0.2, 0) is 0 Å². The predicted octanol–water partition coefficient (Wildman–Crippen LogP) is 2.98. The molecule has 0 fully saturated rings. The lowest BCUT2D eigenvalue weighted by Crippen LogP contribution is -2.20. The Bertz CT molecular complexity index is 414. The van der Waals surface area contributed by atoms with Crippen molar-refractivity contribution in [3.8, 4) is 5.75 Å². The van der Waals surface area contributed by atoms with E-state index in [9.17, 15) is 23.4 Å². The summed E-state index contributed by atoms with van der Waals surface area (Å²) in [6.07, 6.45) is -7.29. The standard InChI is InChI=1S/C10H9BrClF3O3/c11-7-3-5(18-10(13,14)15)1-2-6(7)9(17)8(16)4-12/h1-3,8-9,16-17H,4H2. The van der Waals surface area contributed by atoms with Crippen molar-refractivity contribution >= 4 is 27.5 Å². The topological polar surface area (TPSA) is 49.7 Å². The number of alkyl halides is 4. The van der Waals surface area contributed by atoms with Gasteiger partial charge in [0.15, 0.2) is 0 Å². The van der Waals surface area contributed by atoms with Crippen molar-refractivity contribution in [1.29, 1.82) is 0 Å². The van der Waals surface area contributed by atoms with Crippen LogP contribution in [0.25, 0.3) is 0 Å². The Morgan fingerprint density at radius 1 is 1.33 bits per heavy atom. The maximum Gasteiger partial charge on any atom is 0.573 e. The number of halogens is 5. The molecule has 2 atom stereocenters. The molecule has 0 aromatic heterocycles. The van der Waals surface area contributed by atoms with Crippen LogP contribution in [0.1, 0.15) is 11.7 Å². The highest BCUT2D eigenvalue weighted by Crippen LogP contribution is 2.32. The summed E-state index contributed by atoms with van der Waals surface area (Å²) in [5.74, 6) is -0.625. The first-order chi connectivity index (χ1) is 8.24. The summed E-state index contributed by atoms with van der Waals surface area (Å²) >= 11 is 8.36. The quantitative estimate of drug-likeness (QED) is 0.822. The van der Waals surface area contributed by atoms with Crippen molar-refractivity contribution < 1.29 is 28.1 Å². The van der Waals surface area contributed by atoms with Crippen LogP contribution < -0.4 is 4.74 Å². The second-order valence-corrected chi connectivity index (χ2v) is 4.56. The Hall–Kier alpha value is -0.500. The monoisotopic (exact) mass is 348 g/mol. The number of rotatable bonds is 4. The molecule has 1 aromatic rings. The number of aliphatic hydroxyl groups is 2. The molecular weight excluding hydrogens is 340 g/mol. The second-order valence-electron chi connectivity index (χ2n) is 3.40. The van der Waals surface area contributed by atoms with Crippen LogP contribution in [0.15, 0.2) is 22.7 Å². The van der Waals surface area contributed by atoms with Crippen molar-refractivity contribution in [1.82, 2.24) is 0 Å². The third-order valence-electron chi connectivity index (χ3n) is 2.05. The molecular formula is C10H9BrClF3O3. The molecule has 102 valence electrons. The van der Waals surface area contributed by atoms with E-state index in [-0.39, 0.29) is 15.9 Å². The van der Waals surface area contributed by atoms with Gasteiger partial charge in [-0.3, -0.25) is 0 Å². The fraction of sp³-hybridized carbons (Fsp3) is 0.400. The summed E-state index contributed by atoms with van der Waals surface area (Å²) in [6, 6.07) is 3.30. The number of hydrogen-bond acceptors (Lipinski definition) is 3. The Morgan fingerprint density at radius 2 is 1.94 bits per heavy atom. The summed E-state index contributed by atoms with van der Waals surface area (Å²) in [4.78, 5) is 0. The van der Waals surface area contributed by atoms with Gasteiger partial charge < -0.3 is 14.9 Å².